The Morgan fingerprint density at radius 1 is 1.00 bits per heavy atom. The van der Waals surface area contributed by atoms with Crippen LogP contribution in [0.15, 0.2) is 63.3 Å². The molecule has 0 atom stereocenters. The van der Waals surface area contributed by atoms with Gasteiger partial charge in [0.15, 0.2) is 9.84 Å². The summed E-state index contributed by atoms with van der Waals surface area (Å²) >= 11 is 4.89. The van der Waals surface area contributed by atoms with E-state index in [0.29, 0.717) is 5.56 Å². The van der Waals surface area contributed by atoms with Crippen LogP contribution in [0, 0.1) is 5.82 Å². The van der Waals surface area contributed by atoms with Crippen LogP contribution in [0.4, 0.5) is 4.39 Å². The summed E-state index contributed by atoms with van der Waals surface area (Å²) in [6, 6.07) is 15.2. The molecule has 0 aliphatic carbocycles. The van der Waals surface area contributed by atoms with E-state index in [9.17, 15) is 12.8 Å². The van der Waals surface area contributed by atoms with Crippen molar-refractivity contribution in [1.29, 1.82) is 0 Å². The molecule has 1 heterocycles. The summed E-state index contributed by atoms with van der Waals surface area (Å²) in [5.41, 5.74) is 2.25. The van der Waals surface area contributed by atoms with Gasteiger partial charge in [-0.1, -0.05) is 30.3 Å². The highest BCUT2D eigenvalue weighted by atomic mass is 79.9. The van der Waals surface area contributed by atoms with E-state index in [-0.39, 0.29) is 10.7 Å². The van der Waals surface area contributed by atoms with E-state index >= 15 is 0 Å². The molecule has 0 spiro atoms. The lowest BCUT2D eigenvalue weighted by Gasteiger charge is -2.06. The van der Waals surface area contributed by atoms with Gasteiger partial charge in [-0.3, -0.25) is 0 Å². The van der Waals surface area contributed by atoms with E-state index in [1.54, 1.807) is 42.5 Å². The van der Waals surface area contributed by atoms with Crippen LogP contribution in [0.1, 0.15) is 0 Å². The topological polar surface area (TPSA) is 34.1 Å². The molecule has 0 aliphatic rings. The zero-order valence-corrected chi connectivity index (χ0v) is 15.3. The number of halogens is 2. The fourth-order valence-electron chi connectivity index (χ4n) is 2.30. The highest BCUT2D eigenvalue weighted by molar-refractivity contribution is 9.11. The Morgan fingerprint density at radius 3 is 2.26 bits per heavy atom. The van der Waals surface area contributed by atoms with Gasteiger partial charge < -0.3 is 0 Å². The predicted octanol–water partition coefficient (Wildman–Crippen LogP) is 5.39. The molecule has 0 amide bonds. The highest BCUT2D eigenvalue weighted by Crippen LogP contribution is 2.42. The molecule has 0 aliphatic heterocycles. The Bertz CT molecular complexity index is 961. The van der Waals surface area contributed by atoms with Crippen LogP contribution >= 0.6 is 27.3 Å². The third-order valence-corrected chi connectivity index (χ3v) is 6.21. The molecule has 23 heavy (non-hydrogen) atoms. The minimum atomic E-state index is -3.23. The predicted molar refractivity (Wildman–Crippen MR) is 96.0 cm³/mol. The lowest BCUT2D eigenvalue weighted by atomic mass is 10.0. The molecule has 0 N–H and O–H groups in total. The van der Waals surface area contributed by atoms with Crippen LogP contribution < -0.4 is 0 Å². The summed E-state index contributed by atoms with van der Waals surface area (Å²) in [5, 5.41) is 0. The van der Waals surface area contributed by atoms with E-state index in [4.69, 9.17) is 0 Å². The summed E-state index contributed by atoms with van der Waals surface area (Å²) in [4.78, 5) is 1.07. The Labute approximate surface area is 146 Å². The fourth-order valence-corrected chi connectivity index (χ4v) is 4.58. The van der Waals surface area contributed by atoms with Crippen LogP contribution in [-0.4, -0.2) is 14.7 Å². The first kappa shape index (κ1) is 16.4. The molecule has 0 radical (unpaired) electrons. The number of rotatable bonds is 3. The molecule has 118 valence electrons. The van der Waals surface area contributed by atoms with E-state index in [1.165, 1.54) is 23.7 Å². The average molecular weight is 411 g/mol. The maximum Gasteiger partial charge on any atom is 0.175 e. The third-order valence-electron chi connectivity index (χ3n) is 3.41. The van der Waals surface area contributed by atoms with Crippen molar-refractivity contribution in [2.24, 2.45) is 0 Å². The number of thiophene rings is 1. The molecule has 0 saturated carbocycles. The van der Waals surface area contributed by atoms with Crippen LogP contribution in [0.3, 0.4) is 0 Å². The second kappa shape index (κ2) is 6.19. The standard InChI is InChI=1S/C17H12BrFO2S2/c1-23(20,21)12-8-6-11(7-9-12)14-10-16(18)22-17(14)13-4-2-3-5-15(13)19/h2-10H,1H3. The summed E-state index contributed by atoms with van der Waals surface area (Å²) in [6.07, 6.45) is 1.17. The number of benzene rings is 2. The molecule has 0 unspecified atom stereocenters. The monoisotopic (exact) mass is 410 g/mol. The zero-order valence-electron chi connectivity index (χ0n) is 12.1. The molecule has 1 aromatic heterocycles. The van der Waals surface area contributed by atoms with Gasteiger partial charge in [-0.2, -0.15) is 0 Å². The van der Waals surface area contributed by atoms with E-state index in [0.717, 1.165) is 19.8 Å². The lowest BCUT2D eigenvalue weighted by molar-refractivity contribution is 0.602. The minimum absolute atomic E-state index is 0.267. The van der Waals surface area contributed by atoms with Crippen molar-refractivity contribution < 1.29 is 12.8 Å². The van der Waals surface area contributed by atoms with Crippen molar-refractivity contribution in [2.45, 2.75) is 4.90 Å². The average Bonchev–Trinajstić information content (AvgIpc) is 2.89. The summed E-state index contributed by atoms with van der Waals surface area (Å²) in [5.74, 6) is -0.282. The second-order valence-corrected chi connectivity index (χ2v) is 9.52. The van der Waals surface area contributed by atoms with Crippen molar-refractivity contribution in [2.75, 3.05) is 6.26 Å². The maximum atomic E-state index is 14.1. The van der Waals surface area contributed by atoms with E-state index in [2.05, 4.69) is 15.9 Å². The van der Waals surface area contributed by atoms with Gasteiger partial charge in [0.1, 0.15) is 5.82 Å². The third kappa shape index (κ3) is 3.39. The van der Waals surface area contributed by atoms with Gasteiger partial charge in [-0.05, 0) is 45.8 Å². The summed E-state index contributed by atoms with van der Waals surface area (Å²) < 4.78 is 38.1. The fraction of sp³-hybridized carbons (Fsp3) is 0.0588. The summed E-state index contributed by atoms with van der Waals surface area (Å²) in [6.45, 7) is 0. The van der Waals surface area contributed by atoms with Crippen molar-refractivity contribution in [3.8, 4) is 21.6 Å². The first-order valence-electron chi connectivity index (χ1n) is 6.71. The normalized spacial score (nSPS) is 11.6. The largest absolute Gasteiger partial charge is 0.224 e. The van der Waals surface area contributed by atoms with Crippen LogP contribution in [0.25, 0.3) is 21.6 Å². The van der Waals surface area contributed by atoms with Gasteiger partial charge in [-0.25, -0.2) is 12.8 Å². The number of hydrogen-bond donors (Lipinski definition) is 0. The van der Waals surface area contributed by atoms with Gasteiger partial charge in [0.05, 0.1) is 8.68 Å². The first-order valence-corrected chi connectivity index (χ1v) is 10.2. The Morgan fingerprint density at radius 2 is 1.65 bits per heavy atom. The Balaban J connectivity index is 2.13. The molecule has 0 fully saturated rings. The van der Waals surface area contributed by atoms with Gasteiger partial charge in [0.25, 0.3) is 0 Å². The quantitative estimate of drug-likeness (QED) is 0.579. The van der Waals surface area contributed by atoms with Gasteiger partial charge in [0.2, 0.25) is 0 Å². The Hall–Kier alpha value is -1.50. The van der Waals surface area contributed by atoms with Crippen LogP contribution in [-0.2, 0) is 9.84 Å². The molecule has 6 heteroatoms. The smallest absolute Gasteiger partial charge is 0.175 e. The molecule has 0 bridgehead atoms. The Kier molecular flexibility index (Phi) is 4.40. The van der Waals surface area contributed by atoms with Crippen molar-refractivity contribution in [3.63, 3.8) is 0 Å². The zero-order chi connectivity index (χ0) is 16.6. The van der Waals surface area contributed by atoms with Crippen molar-refractivity contribution in [3.05, 3.63) is 64.2 Å². The molecule has 3 aromatic rings. The van der Waals surface area contributed by atoms with E-state index in [1.807, 2.05) is 6.07 Å². The van der Waals surface area contributed by atoms with Crippen molar-refractivity contribution in [1.82, 2.24) is 0 Å². The van der Waals surface area contributed by atoms with Gasteiger partial charge >= 0.3 is 0 Å². The van der Waals surface area contributed by atoms with Gasteiger partial charge in [-0.15, -0.1) is 11.3 Å². The highest BCUT2D eigenvalue weighted by Gasteiger charge is 2.15. The number of sulfone groups is 1. The molecule has 2 aromatic carbocycles. The lowest BCUT2D eigenvalue weighted by Crippen LogP contribution is -1.96. The van der Waals surface area contributed by atoms with Crippen molar-refractivity contribution >= 4 is 37.1 Å². The SMILES string of the molecule is CS(=O)(=O)c1ccc(-c2cc(Br)sc2-c2ccccc2F)cc1. The number of hydrogen-bond acceptors (Lipinski definition) is 3. The summed E-state index contributed by atoms with van der Waals surface area (Å²) in [7, 11) is -3.23. The first-order chi connectivity index (χ1) is 10.9. The molecule has 0 saturated heterocycles. The van der Waals surface area contributed by atoms with Gasteiger partial charge in [0, 0.05) is 22.3 Å². The molecule has 2 nitrogen and oxygen atoms in total. The second-order valence-electron chi connectivity index (χ2n) is 5.07. The van der Waals surface area contributed by atoms with E-state index < -0.39 is 9.84 Å². The molecular formula is C17H12BrFO2S2. The molecular weight excluding hydrogens is 399 g/mol. The van der Waals surface area contributed by atoms with Crippen LogP contribution in [0.2, 0.25) is 0 Å². The minimum Gasteiger partial charge on any atom is -0.224 e. The maximum absolute atomic E-state index is 14.1. The van der Waals surface area contributed by atoms with Crippen LogP contribution in [0.5, 0.6) is 0 Å². The molecule has 3 rings (SSSR count).